The number of nitrogens with one attached hydrogen (secondary N) is 1. The summed E-state index contributed by atoms with van der Waals surface area (Å²) >= 11 is 0. The molecule has 0 saturated heterocycles. The second-order valence-electron chi connectivity index (χ2n) is 7.75. The highest BCUT2D eigenvalue weighted by molar-refractivity contribution is 6.06. The molecule has 5 rings (SSSR count). The number of rotatable bonds is 6. The van der Waals surface area contributed by atoms with Crippen molar-refractivity contribution in [1.82, 2.24) is 10.1 Å². The summed E-state index contributed by atoms with van der Waals surface area (Å²) in [6, 6.07) is 4.69. The number of carbonyl (C=O) groups excluding carboxylic acids is 3. The monoisotopic (exact) mass is 437 g/mol. The van der Waals surface area contributed by atoms with E-state index in [-0.39, 0.29) is 41.0 Å². The van der Waals surface area contributed by atoms with E-state index < -0.39 is 18.5 Å². The number of aryl methyl sites for hydroxylation is 1. The topological polar surface area (TPSA) is 130 Å². The molecule has 10 heteroatoms. The summed E-state index contributed by atoms with van der Waals surface area (Å²) in [6.45, 7) is 2.57. The summed E-state index contributed by atoms with van der Waals surface area (Å²) in [5.41, 5.74) is 2.30. The predicted octanol–water partition coefficient (Wildman–Crippen LogP) is 3.14. The Balaban J connectivity index is 1.33. The largest absolute Gasteiger partial charge is 0.454 e. The normalized spacial score (nSPS) is 14.4. The number of nitrogens with zero attached hydrogens (tertiary/aromatic N) is 2. The number of anilines is 1. The Hall–Kier alpha value is -3.95. The number of ether oxygens (including phenoxy) is 3. The number of amides is 1. The molecule has 1 aliphatic heterocycles. The lowest BCUT2D eigenvalue weighted by Crippen LogP contribution is -2.22. The molecule has 1 aromatic carbocycles. The highest BCUT2D eigenvalue weighted by Gasteiger charge is 2.29. The van der Waals surface area contributed by atoms with E-state index in [2.05, 4.69) is 15.5 Å². The number of benzene rings is 1. The van der Waals surface area contributed by atoms with Gasteiger partial charge >= 0.3 is 5.97 Å². The van der Waals surface area contributed by atoms with Gasteiger partial charge in [-0.3, -0.25) is 9.59 Å². The van der Waals surface area contributed by atoms with Crippen LogP contribution in [0.25, 0.3) is 11.1 Å². The van der Waals surface area contributed by atoms with Crippen molar-refractivity contribution in [2.45, 2.75) is 32.6 Å². The van der Waals surface area contributed by atoms with Gasteiger partial charge in [0.15, 0.2) is 23.9 Å². The predicted molar refractivity (Wildman–Crippen MR) is 110 cm³/mol. The van der Waals surface area contributed by atoms with Crippen LogP contribution in [-0.4, -0.2) is 41.2 Å². The van der Waals surface area contributed by atoms with Crippen molar-refractivity contribution in [1.29, 1.82) is 0 Å². The van der Waals surface area contributed by atoms with E-state index in [1.807, 2.05) is 0 Å². The van der Waals surface area contributed by atoms with E-state index in [4.69, 9.17) is 18.7 Å². The Morgan fingerprint density at radius 3 is 2.59 bits per heavy atom. The van der Waals surface area contributed by atoms with Gasteiger partial charge in [0.05, 0.1) is 22.3 Å². The number of ketones is 1. The third kappa shape index (κ3) is 3.64. The van der Waals surface area contributed by atoms with Crippen molar-refractivity contribution in [2.75, 3.05) is 18.7 Å². The van der Waals surface area contributed by atoms with Crippen LogP contribution in [0.5, 0.6) is 11.5 Å². The highest BCUT2D eigenvalue weighted by Crippen LogP contribution is 2.40. The van der Waals surface area contributed by atoms with Crippen LogP contribution >= 0.6 is 0 Å². The summed E-state index contributed by atoms with van der Waals surface area (Å²) in [5.74, 6) is -0.414. The number of aromatic nitrogens is 2. The number of fused-ring (bicyclic) bond motifs is 2. The van der Waals surface area contributed by atoms with Crippen LogP contribution in [0.4, 0.5) is 5.69 Å². The minimum absolute atomic E-state index is 0.0349. The molecule has 0 spiro atoms. The quantitative estimate of drug-likeness (QED) is 0.456. The average molecular weight is 437 g/mol. The molecule has 0 unspecified atom stereocenters. The number of pyridine rings is 1. The van der Waals surface area contributed by atoms with Crippen molar-refractivity contribution >= 4 is 34.4 Å². The first-order valence-electron chi connectivity index (χ1n) is 10.1. The van der Waals surface area contributed by atoms with Gasteiger partial charge in [0.25, 0.3) is 11.6 Å². The maximum absolute atomic E-state index is 12.8. The Morgan fingerprint density at radius 2 is 1.88 bits per heavy atom. The zero-order valence-electron chi connectivity index (χ0n) is 17.4. The highest BCUT2D eigenvalue weighted by atomic mass is 16.7. The van der Waals surface area contributed by atoms with E-state index in [1.165, 1.54) is 19.1 Å². The van der Waals surface area contributed by atoms with Crippen molar-refractivity contribution in [2.24, 2.45) is 0 Å². The molecule has 1 aliphatic carbocycles. The molecule has 1 saturated carbocycles. The molecule has 3 heterocycles. The molecule has 2 aliphatic rings. The Bertz CT molecular complexity index is 1280. The number of hydrogen-bond acceptors (Lipinski definition) is 9. The number of hydrogen-bond donors (Lipinski definition) is 1. The third-order valence-corrected chi connectivity index (χ3v) is 5.35. The smallest absolute Gasteiger partial charge is 0.339 e. The molecular weight excluding hydrogens is 418 g/mol. The summed E-state index contributed by atoms with van der Waals surface area (Å²) < 4.78 is 21.1. The molecule has 0 radical (unpaired) electrons. The molecule has 10 nitrogen and oxygen atoms in total. The van der Waals surface area contributed by atoms with Crippen molar-refractivity contribution in [3.05, 3.63) is 40.7 Å². The van der Waals surface area contributed by atoms with Crippen LogP contribution in [0.3, 0.4) is 0 Å². The third-order valence-electron chi connectivity index (χ3n) is 5.35. The number of carbonyl (C=O) groups is 3. The zero-order chi connectivity index (χ0) is 22.4. The SMILES string of the molecule is CC(=O)c1cc2c(cc1NC(=O)COC(=O)c1cc(C3CC3)nc3onc(C)c13)OCO2. The van der Waals surface area contributed by atoms with Crippen molar-refractivity contribution in [3.8, 4) is 11.5 Å². The molecule has 0 bridgehead atoms. The van der Waals surface area contributed by atoms with Gasteiger partial charge in [0, 0.05) is 23.2 Å². The lowest BCUT2D eigenvalue weighted by atomic mass is 10.1. The minimum Gasteiger partial charge on any atom is -0.454 e. The van der Waals surface area contributed by atoms with Gasteiger partial charge in [-0.1, -0.05) is 5.16 Å². The minimum atomic E-state index is -0.682. The van der Waals surface area contributed by atoms with Gasteiger partial charge < -0.3 is 24.1 Å². The molecule has 2 aromatic heterocycles. The first-order valence-corrected chi connectivity index (χ1v) is 10.1. The van der Waals surface area contributed by atoms with E-state index in [1.54, 1.807) is 13.0 Å². The second kappa shape index (κ2) is 7.63. The van der Waals surface area contributed by atoms with Crippen LogP contribution in [0.1, 0.15) is 57.8 Å². The maximum Gasteiger partial charge on any atom is 0.339 e. The fourth-order valence-electron chi connectivity index (χ4n) is 3.59. The van der Waals surface area contributed by atoms with E-state index >= 15 is 0 Å². The lowest BCUT2D eigenvalue weighted by molar-refractivity contribution is -0.119. The van der Waals surface area contributed by atoms with Crippen molar-refractivity contribution in [3.63, 3.8) is 0 Å². The van der Waals surface area contributed by atoms with Crippen LogP contribution in [0.2, 0.25) is 0 Å². The van der Waals surface area contributed by atoms with E-state index in [9.17, 15) is 14.4 Å². The van der Waals surface area contributed by atoms with Gasteiger partial charge in [0.2, 0.25) is 6.79 Å². The molecule has 164 valence electrons. The van der Waals surface area contributed by atoms with Gasteiger partial charge in [0.1, 0.15) is 0 Å². The fourth-order valence-corrected chi connectivity index (χ4v) is 3.59. The molecular formula is C22H19N3O7. The summed E-state index contributed by atoms with van der Waals surface area (Å²) in [6.07, 6.45) is 1.99. The Morgan fingerprint density at radius 1 is 1.12 bits per heavy atom. The molecule has 1 amide bonds. The van der Waals surface area contributed by atoms with E-state index in [0.29, 0.717) is 22.6 Å². The summed E-state index contributed by atoms with van der Waals surface area (Å²) in [4.78, 5) is 41.7. The molecule has 1 N–H and O–H groups in total. The molecule has 0 atom stereocenters. The summed E-state index contributed by atoms with van der Waals surface area (Å²) in [5, 5.41) is 6.95. The molecule has 32 heavy (non-hydrogen) atoms. The van der Waals surface area contributed by atoms with Crippen LogP contribution in [0, 0.1) is 6.92 Å². The van der Waals surface area contributed by atoms with Crippen molar-refractivity contribution < 1.29 is 33.1 Å². The zero-order valence-corrected chi connectivity index (χ0v) is 17.4. The summed E-state index contributed by atoms with van der Waals surface area (Å²) in [7, 11) is 0. The standard InChI is InChI=1S/C22H19N3O7/c1-10-20-14(5-15(12-3-4-12)24-21(20)32-25-10)22(28)29-8-19(27)23-16-7-18-17(30-9-31-18)6-13(16)11(2)26/h5-7,12H,3-4,8-9H2,1-2H3,(H,23,27). The van der Waals surface area contributed by atoms with E-state index in [0.717, 1.165) is 18.5 Å². The van der Waals surface area contributed by atoms with Crippen LogP contribution < -0.4 is 14.8 Å². The average Bonchev–Trinajstić information content (AvgIpc) is 3.41. The first-order chi connectivity index (χ1) is 15.4. The van der Waals surface area contributed by atoms with Gasteiger partial charge in [-0.25, -0.2) is 9.78 Å². The Labute approximate surface area is 181 Å². The molecule has 1 fully saturated rings. The Kier molecular flexibility index (Phi) is 4.76. The lowest BCUT2D eigenvalue weighted by Gasteiger charge is -2.11. The van der Waals surface area contributed by atoms with Gasteiger partial charge in [-0.2, -0.15) is 0 Å². The van der Waals surface area contributed by atoms with Gasteiger partial charge in [-0.15, -0.1) is 0 Å². The first kappa shape index (κ1) is 20.0. The second-order valence-corrected chi connectivity index (χ2v) is 7.75. The number of esters is 1. The van der Waals surface area contributed by atoms with Crippen LogP contribution in [0.15, 0.2) is 22.7 Å². The maximum atomic E-state index is 12.8. The fraction of sp³-hybridized carbons (Fsp3) is 0.318. The molecule has 3 aromatic rings. The van der Waals surface area contributed by atoms with Gasteiger partial charge in [-0.05, 0) is 38.8 Å². The number of Topliss-reactive ketones (excluding diaryl/α,β-unsaturated/α-hetero) is 1. The van der Waals surface area contributed by atoms with Crippen LogP contribution in [-0.2, 0) is 9.53 Å².